The first-order valence-electron chi connectivity index (χ1n) is 5.59. The lowest BCUT2D eigenvalue weighted by molar-refractivity contribution is -0.144. The van der Waals surface area contributed by atoms with Crippen molar-refractivity contribution in [2.24, 2.45) is 5.92 Å². The molecule has 0 rings (SSSR count). The van der Waals surface area contributed by atoms with Crippen molar-refractivity contribution in [1.29, 1.82) is 0 Å². The highest BCUT2D eigenvalue weighted by Gasteiger charge is 2.15. The zero-order chi connectivity index (χ0) is 12.4. The molecule has 4 nitrogen and oxygen atoms in total. The maximum atomic E-state index is 11.2. The van der Waals surface area contributed by atoms with E-state index < -0.39 is 0 Å². The van der Waals surface area contributed by atoms with Gasteiger partial charge in [0, 0.05) is 12.2 Å². The summed E-state index contributed by atoms with van der Waals surface area (Å²) in [5.74, 6) is 0.584. The van der Waals surface area contributed by atoms with Gasteiger partial charge in [-0.1, -0.05) is 13.3 Å². The highest BCUT2D eigenvalue weighted by Crippen LogP contribution is 2.18. The van der Waals surface area contributed by atoms with Gasteiger partial charge in [0.25, 0.3) is 0 Å². The van der Waals surface area contributed by atoms with Gasteiger partial charge in [0.05, 0.1) is 13.2 Å². The van der Waals surface area contributed by atoms with Crippen molar-refractivity contribution in [2.75, 3.05) is 19.0 Å². The van der Waals surface area contributed by atoms with Crippen LogP contribution in [0.3, 0.4) is 0 Å². The number of hydrogen-bond acceptors (Lipinski definition) is 5. The molecule has 0 saturated heterocycles. The minimum Gasteiger partial charge on any atom is -0.466 e. The molecule has 0 N–H and O–H groups in total. The molecule has 0 spiro atoms. The van der Waals surface area contributed by atoms with Gasteiger partial charge in [-0.2, -0.15) is 0 Å². The van der Waals surface area contributed by atoms with Crippen LogP contribution < -0.4 is 0 Å². The molecule has 0 aliphatic heterocycles. The number of thioether (sulfide) groups is 1. The van der Waals surface area contributed by atoms with Gasteiger partial charge in [-0.15, -0.1) is 0 Å². The zero-order valence-corrected chi connectivity index (χ0v) is 11.0. The molecule has 0 aromatic rings. The number of carbonyl (C=O) groups is 2. The molecule has 5 heteroatoms. The fourth-order valence-corrected chi connectivity index (χ4v) is 2.05. The van der Waals surface area contributed by atoms with Crippen LogP contribution in [0, 0.1) is 5.92 Å². The summed E-state index contributed by atoms with van der Waals surface area (Å²) in [4.78, 5) is 22.3. The average molecular weight is 248 g/mol. The summed E-state index contributed by atoms with van der Waals surface area (Å²) < 4.78 is 9.66. The lowest BCUT2D eigenvalue weighted by Gasteiger charge is -2.12. The van der Waals surface area contributed by atoms with E-state index in [-0.39, 0.29) is 17.2 Å². The van der Waals surface area contributed by atoms with Crippen molar-refractivity contribution >= 4 is 23.0 Å². The molecule has 0 bridgehead atoms. The summed E-state index contributed by atoms with van der Waals surface area (Å²) in [5.41, 5.74) is 0. The van der Waals surface area contributed by atoms with Crippen molar-refractivity contribution < 1.29 is 19.1 Å². The first-order valence-corrected chi connectivity index (χ1v) is 6.57. The van der Waals surface area contributed by atoms with E-state index in [9.17, 15) is 9.59 Å². The Bertz CT molecular complexity index is 218. The van der Waals surface area contributed by atoms with E-state index in [1.165, 1.54) is 0 Å². The predicted molar refractivity (Wildman–Crippen MR) is 64.5 cm³/mol. The minimum atomic E-state index is -0.273. The summed E-state index contributed by atoms with van der Waals surface area (Å²) in [6, 6.07) is 0. The van der Waals surface area contributed by atoms with Gasteiger partial charge in [0.2, 0.25) is 0 Å². The fraction of sp³-hybridized carbons (Fsp3) is 0.818. The van der Waals surface area contributed by atoms with E-state index in [0.29, 0.717) is 25.4 Å². The Morgan fingerprint density at radius 2 is 1.75 bits per heavy atom. The van der Waals surface area contributed by atoms with Crippen molar-refractivity contribution in [2.45, 2.75) is 33.6 Å². The van der Waals surface area contributed by atoms with Crippen LogP contribution in [0.5, 0.6) is 0 Å². The third kappa shape index (κ3) is 7.56. The van der Waals surface area contributed by atoms with E-state index in [2.05, 4.69) is 0 Å². The summed E-state index contributed by atoms with van der Waals surface area (Å²) in [7, 11) is 0. The van der Waals surface area contributed by atoms with Crippen LogP contribution in [-0.2, 0) is 14.3 Å². The number of rotatable bonds is 7. The fourth-order valence-electron chi connectivity index (χ4n) is 1.12. The Hall–Kier alpha value is -0.710. The minimum absolute atomic E-state index is 0.174. The Morgan fingerprint density at radius 3 is 2.25 bits per heavy atom. The summed E-state index contributed by atoms with van der Waals surface area (Å²) >= 11 is 1.12. The lowest BCUT2D eigenvalue weighted by atomic mass is 10.1. The molecular weight excluding hydrogens is 228 g/mol. The quantitative estimate of drug-likeness (QED) is 0.648. The van der Waals surface area contributed by atoms with Crippen molar-refractivity contribution in [1.82, 2.24) is 0 Å². The molecule has 0 aliphatic rings. The molecule has 0 aromatic carbocycles. The second kappa shape index (κ2) is 9.51. The topological polar surface area (TPSA) is 52.6 Å². The van der Waals surface area contributed by atoms with Gasteiger partial charge in [0.15, 0.2) is 0 Å². The number of esters is 1. The van der Waals surface area contributed by atoms with E-state index in [1.54, 1.807) is 13.8 Å². The van der Waals surface area contributed by atoms with E-state index in [4.69, 9.17) is 9.47 Å². The van der Waals surface area contributed by atoms with Crippen LogP contribution in [0.25, 0.3) is 0 Å². The van der Waals surface area contributed by atoms with Gasteiger partial charge in [-0.25, -0.2) is 4.79 Å². The molecule has 0 aliphatic carbocycles. The third-order valence-corrected chi connectivity index (χ3v) is 3.03. The van der Waals surface area contributed by atoms with Crippen molar-refractivity contribution in [3.63, 3.8) is 0 Å². The first kappa shape index (κ1) is 15.3. The van der Waals surface area contributed by atoms with Crippen LogP contribution in [0.2, 0.25) is 0 Å². The summed E-state index contributed by atoms with van der Waals surface area (Å²) in [6.45, 7) is 6.34. The van der Waals surface area contributed by atoms with E-state index >= 15 is 0 Å². The Kier molecular flexibility index (Phi) is 9.09. The van der Waals surface area contributed by atoms with Gasteiger partial charge >= 0.3 is 11.3 Å². The lowest BCUT2D eigenvalue weighted by Crippen LogP contribution is -2.14. The highest BCUT2D eigenvalue weighted by molar-refractivity contribution is 8.13. The molecule has 1 unspecified atom stereocenters. The number of carbonyl (C=O) groups excluding carboxylic acids is 2. The van der Waals surface area contributed by atoms with Crippen LogP contribution in [0.15, 0.2) is 0 Å². The molecule has 0 aromatic heterocycles. The second-order valence-electron chi connectivity index (χ2n) is 3.28. The van der Waals surface area contributed by atoms with Gasteiger partial charge in [-0.05, 0) is 31.5 Å². The van der Waals surface area contributed by atoms with Crippen LogP contribution in [0.4, 0.5) is 4.79 Å². The maximum absolute atomic E-state index is 11.2. The Balaban J connectivity index is 3.82. The molecule has 94 valence electrons. The van der Waals surface area contributed by atoms with Crippen molar-refractivity contribution in [3.05, 3.63) is 0 Å². The van der Waals surface area contributed by atoms with Crippen LogP contribution >= 0.6 is 11.8 Å². The van der Waals surface area contributed by atoms with Gasteiger partial charge in [-0.3, -0.25) is 4.79 Å². The molecule has 0 saturated carbocycles. The Morgan fingerprint density at radius 1 is 1.12 bits per heavy atom. The van der Waals surface area contributed by atoms with Crippen molar-refractivity contribution in [3.8, 4) is 0 Å². The SMILES string of the molecule is CCOC(=O)CC(CC)CSC(=O)OCC. The number of hydrogen-bond donors (Lipinski definition) is 0. The second-order valence-corrected chi connectivity index (χ2v) is 4.23. The van der Waals surface area contributed by atoms with Gasteiger partial charge < -0.3 is 9.47 Å². The van der Waals surface area contributed by atoms with Crippen LogP contribution in [-0.4, -0.2) is 30.2 Å². The number of ether oxygens (including phenoxy) is 2. The smallest absolute Gasteiger partial charge is 0.367 e. The standard InChI is InChI=1S/C11H20O4S/c1-4-9(7-10(12)14-5-2)8-16-11(13)15-6-3/h9H,4-8H2,1-3H3. The first-order chi connectivity index (χ1) is 7.63. The predicted octanol–water partition coefficient (Wildman–Crippen LogP) is 2.86. The molecule has 1 atom stereocenters. The van der Waals surface area contributed by atoms with Crippen LogP contribution in [0.1, 0.15) is 33.6 Å². The molecule has 0 radical (unpaired) electrons. The third-order valence-electron chi connectivity index (χ3n) is 2.04. The maximum Gasteiger partial charge on any atom is 0.367 e. The molecular formula is C11H20O4S. The summed E-state index contributed by atoms with van der Waals surface area (Å²) in [6.07, 6.45) is 1.22. The molecule has 0 heterocycles. The zero-order valence-electron chi connectivity index (χ0n) is 10.2. The molecule has 0 fully saturated rings. The average Bonchev–Trinajstić information content (AvgIpc) is 2.25. The molecule has 0 amide bonds. The van der Waals surface area contributed by atoms with E-state index in [1.807, 2.05) is 6.92 Å². The monoisotopic (exact) mass is 248 g/mol. The normalized spacial score (nSPS) is 11.9. The largest absolute Gasteiger partial charge is 0.466 e. The Labute approximate surface area is 101 Å². The molecule has 16 heavy (non-hydrogen) atoms. The summed E-state index contributed by atoms with van der Waals surface area (Å²) in [5, 5.41) is -0.273. The van der Waals surface area contributed by atoms with E-state index in [0.717, 1.165) is 18.2 Å². The van der Waals surface area contributed by atoms with Gasteiger partial charge in [0.1, 0.15) is 0 Å². The highest BCUT2D eigenvalue weighted by atomic mass is 32.2.